The molecule has 3 aromatic carbocycles. The van der Waals surface area contributed by atoms with Crippen molar-refractivity contribution in [2.45, 2.75) is 110 Å². The molecule has 1 unspecified atom stereocenters. The summed E-state index contributed by atoms with van der Waals surface area (Å²) < 4.78 is 0. The van der Waals surface area contributed by atoms with Crippen LogP contribution in [0.1, 0.15) is 114 Å². The van der Waals surface area contributed by atoms with E-state index < -0.39 is 12.0 Å². The maximum absolute atomic E-state index is 11.6. The highest BCUT2D eigenvalue weighted by Gasteiger charge is 2.19. The number of nitrogens with one attached hydrogen (secondary N) is 1. The molecule has 0 amide bonds. The van der Waals surface area contributed by atoms with Gasteiger partial charge in [-0.1, -0.05) is 133 Å². The summed E-state index contributed by atoms with van der Waals surface area (Å²) in [6.07, 6.45) is 18.1. The van der Waals surface area contributed by atoms with Gasteiger partial charge in [0.05, 0.1) is 0 Å². The predicted molar refractivity (Wildman–Crippen MR) is 172 cm³/mol. The number of nitrogen functional groups attached to an aromatic ring is 1. The van der Waals surface area contributed by atoms with Crippen LogP contribution in [0.3, 0.4) is 0 Å². The van der Waals surface area contributed by atoms with E-state index in [2.05, 4.69) is 43.4 Å². The van der Waals surface area contributed by atoms with Crippen molar-refractivity contribution in [1.82, 2.24) is 0 Å². The van der Waals surface area contributed by atoms with Crippen LogP contribution in [-0.4, -0.2) is 11.1 Å². The molecule has 0 aliphatic rings. The van der Waals surface area contributed by atoms with Crippen molar-refractivity contribution in [1.29, 1.82) is 0 Å². The Bertz CT molecular complexity index is 1070. The number of hydrogen-bond acceptors (Lipinski definition) is 3. The molecule has 218 valence electrons. The fraction of sp³-hybridized carbons (Fsp3) is 0.472. The SMILES string of the molecule is CCCCCCCCc1cccc(N)c1.CCCCCCCCc1cccc(NC(C(=O)O)c2ccccc2)c1. The third-order valence-electron chi connectivity index (χ3n) is 7.21. The van der Waals surface area contributed by atoms with Crippen LogP contribution in [-0.2, 0) is 17.6 Å². The third-order valence-corrected chi connectivity index (χ3v) is 7.21. The zero-order valence-electron chi connectivity index (χ0n) is 24.9. The van der Waals surface area contributed by atoms with Crippen LogP contribution in [0.5, 0.6) is 0 Å². The van der Waals surface area contributed by atoms with Crippen LogP contribution in [0.4, 0.5) is 11.4 Å². The highest BCUT2D eigenvalue weighted by Crippen LogP contribution is 2.22. The Balaban J connectivity index is 0.000000319. The number of anilines is 2. The Kier molecular flexibility index (Phi) is 17.0. The number of unbranched alkanes of at least 4 members (excludes halogenated alkanes) is 10. The van der Waals surface area contributed by atoms with E-state index in [0.717, 1.165) is 23.4 Å². The Morgan fingerprint density at radius 3 is 1.75 bits per heavy atom. The molecule has 0 bridgehead atoms. The Hall–Kier alpha value is -3.27. The van der Waals surface area contributed by atoms with Crippen molar-refractivity contribution in [2.24, 2.45) is 0 Å². The van der Waals surface area contributed by atoms with Gasteiger partial charge < -0.3 is 16.2 Å². The summed E-state index contributed by atoms with van der Waals surface area (Å²) in [5.41, 5.74) is 10.9. The first-order valence-corrected chi connectivity index (χ1v) is 15.5. The second-order valence-corrected chi connectivity index (χ2v) is 10.8. The van der Waals surface area contributed by atoms with Gasteiger partial charge in [-0.25, -0.2) is 4.79 Å². The Morgan fingerprint density at radius 2 is 1.20 bits per heavy atom. The summed E-state index contributed by atoms with van der Waals surface area (Å²) in [5.74, 6) is -0.868. The molecule has 4 nitrogen and oxygen atoms in total. The minimum atomic E-state index is -0.868. The van der Waals surface area contributed by atoms with Gasteiger partial charge >= 0.3 is 5.97 Å². The molecule has 3 rings (SSSR count). The van der Waals surface area contributed by atoms with Gasteiger partial charge in [-0.2, -0.15) is 0 Å². The van der Waals surface area contributed by atoms with E-state index in [4.69, 9.17) is 5.73 Å². The molecule has 0 heterocycles. The van der Waals surface area contributed by atoms with Crippen molar-refractivity contribution >= 4 is 17.3 Å². The standard InChI is InChI=1S/C22H29NO2.C14H23N/c1-2-3-4-5-6-8-12-18-13-11-16-20(17-18)23-21(22(24)25)19-14-9-7-10-15-19;1-2-3-4-5-6-7-9-13-10-8-11-14(15)12-13/h7,9-11,13-17,21,23H,2-6,8,12H2,1H3,(H,24,25);8,10-12H,2-7,9,15H2,1H3. The zero-order valence-corrected chi connectivity index (χ0v) is 24.9. The summed E-state index contributed by atoms with van der Waals surface area (Å²) >= 11 is 0. The van der Waals surface area contributed by atoms with E-state index in [1.165, 1.54) is 94.6 Å². The summed E-state index contributed by atoms with van der Waals surface area (Å²) in [6.45, 7) is 4.49. The molecule has 40 heavy (non-hydrogen) atoms. The van der Waals surface area contributed by atoms with Gasteiger partial charge in [-0.05, 0) is 66.6 Å². The van der Waals surface area contributed by atoms with Crippen LogP contribution < -0.4 is 11.1 Å². The Labute approximate surface area is 243 Å². The molecule has 0 saturated carbocycles. The Morgan fingerprint density at radius 1 is 0.675 bits per heavy atom. The second kappa shape index (κ2) is 20.6. The number of aliphatic carboxylic acids is 1. The first-order chi connectivity index (χ1) is 19.5. The molecule has 0 radical (unpaired) electrons. The van der Waals surface area contributed by atoms with E-state index >= 15 is 0 Å². The third kappa shape index (κ3) is 14.2. The van der Waals surface area contributed by atoms with Gasteiger partial charge in [-0.3, -0.25) is 0 Å². The van der Waals surface area contributed by atoms with Crippen LogP contribution in [0.2, 0.25) is 0 Å². The van der Waals surface area contributed by atoms with Crippen LogP contribution >= 0.6 is 0 Å². The van der Waals surface area contributed by atoms with E-state index in [-0.39, 0.29) is 0 Å². The van der Waals surface area contributed by atoms with E-state index in [1.807, 2.05) is 54.6 Å². The fourth-order valence-corrected chi connectivity index (χ4v) is 4.88. The highest BCUT2D eigenvalue weighted by molar-refractivity contribution is 5.79. The van der Waals surface area contributed by atoms with Gasteiger partial charge in [0, 0.05) is 11.4 Å². The van der Waals surface area contributed by atoms with Crippen molar-refractivity contribution in [3.8, 4) is 0 Å². The van der Waals surface area contributed by atoms with Gasteiger partial charge in [0.25, 0.3) is 0 Å². The molecule has 0 aliphatic heterocycles. The molecule has 0 spiro atoms. The fourth-order valence-electron chi connectivity index (χ4n) is 4.88. The number of benzene rings is 3. The minimum Gasteiger partial charge on any atom is -0.479 e. The molecule has 0 aliphatic carbocycles. The van der Waals surface area contributed by atoms with E-state index in [0.29, 0.717) is 0 Å². The first-order valence-electron chi connectivity index (χ1n) is 15.5. The van der Waals surface area contributed by atoms with Crippen LogP contribution in [0.25, 0.3) is 0 Å². The van der Waals surface area contributed by atoms with Crippen molar-refractivity contribution in [3.05, 3.63) is 95.6 Å². The number of rotatable bonds is 18. The van der Waals surface area contributed by atoms with E-state index in [1.54, 1.807) is 0 Å². The molecule has 0 aromatic heterocycles. The van der Waals surface area contributed by atoms with Crippen LogP contribution in [0.15, 0.2) is 78.9 Å². The molecule has 0 fully saturated rings. The van der Waals surface area contributed by atoms with Gasteiger partial charge in [0.2, 0.25) is 0 Å². The number of carboxylic acid groups (broad SMARTS) is 1. The smallest absolute Gasteiger partial charge is 0.330 e. The lowest BCUT2D eigenvalue weighted by Crippen LogP contribution is -2.20. The average Bonchev–Trinajstić information content (AvgIpc) is 2.96. The van der Waals surface area contributed by atoms with E-state index in [9.17, 15) is 9.90 Å². The zero-order chi connectivity index (χ0) is 28.8. The average molecular weight is 545 g/mol. The quantitative estimate of drug-likeness (QED) is 0.110. The summed E-state index contributed by atoms with van der Waals surface area (Å²) in [4.78, 5) is 11.6. The lowest BCUT2D eigenvalue weighted by molar-refractivity contribution is -0.138. The maximum atomic E-state index is 11.6. The monoisotopic (exact) mass is 544 g/mol. The molecule has 1 atom stereocenters. The summed E-state index contributed by atoms with van der Waals surface area (Å²) in [7, 11) is 0. The molecular formula is C36H52N2O2. The number of nitrogens with two attached hydrogens (primary N) is 1. The molecule has 0 saturated heterocycles. The highest BCUT2D eigenvalue weighted by atomic mass is 16.4. The van der Waals surface area contributed by atoms with Crippen molar-refractivity contribution in [2.75, 3.05) is 11.1 Å². The lowest BCUT2D eigenvalue weighted by atomic mass is 10.0. The molecule has 4 N–H and O–H groups in total. The predicted octanol–water partition coefficient (Wildman–Crippen LogP) is 10.00. The molecule has 3 aromatic rings. The maximum Gasteiger partial charge on any atom is 0.330 e. The number of carbonyl (C=O) groups is 1. The van der Waals surface area contributed by atoms with Crippen molar-refractivity contribution < 1.29 is 9.90 Å². The lowest BCUT2D eigenvalue weighted by Gasteiger charge is -2.17. The second-order valence-electron chi connectivity index (χ2n) is 10.8. The minimum absolute atomic E-state index is 0.731. The van der Waals surface area contributed by atoms with Gasteiger partial charge in [0.1, 0.15) is 0 Å². The largest absolute Gasteiger partial charge is 0.479 e. The van der Waals surface area contributed by atoms with Crippen molar-refractivity contribution in [3.63, 3.8) is 0 Å². The molecular weight excluding hydrogens is 492 g/mol. The number of carboxylic acids is 1. The normalized spacial score (nSPS) is 11.3. The van der Waals surface area contributed by atoms with Gasteiger partial charge in [0.15, 0.2) is 6.04 Å². The molecule has 4 heteroatoms. The summed E-state index contributed by atoms with van der Waals surface area (Å²) in [5, 5.41) is 12.7. The van der Waals surface area contributed by atoms with Crippen LogP contribution in [0, 0.1) is 0 Å². The summed E-state index contributed by atoms with van der Waals surface area (Å²) in [6, 6.07) is 24.9. The topological polar surface area (TPSA) is 75.3 Å². The van der Waals surface area contributed by atoms with Gasteiger partial charge in [-0.15, -0.1) is 0 Å². The number of hydrogen-bond donors (Lipinski definition) is 3. The number of aryl methyl sites for hydroxylation is 2. The first kappa shape index (κ1) is 32.9.